The van der Waals surface area contributed by atoms with Crippen molar-refractivity contribution in [3.05, 3.63) is 34.9 Å². The molecule has 1 heterocycles. The fraction of sp³-hybridized carbons (Fsp3) is 0.571. The lowest BCUT2D eigenvalue weighted by atomic mass is 9.95. The van der Waals surface area contributed by atoms with Crippen molar-refractivity contribution in [2.45, 2.75) is 24.6 Å². The fourth-order valence-electron chi connectivity index (χ4n) is 2.74. The van der Waals surface area contributed by atoms with Gasteiger partial charge in [-0.1, -0.05) is 0 Å². The molecule has 1 aliphatic heterocycles. The fourth-order valence-corrected chi connectivity index (χ4v) is 2.74. The van der Waals surface area contributed by atoms with Gasteiger partial charge in [0.05, 0.1) is 11.1 Å². The maximum atomic E-state index is 13.5. The van der Waals surface area contributed by atoms with E-state index in [9.17, 15) is 39.5 Å². The molecule has 0 spiro atoms. The molecule has 0 aliphatic carbocycles. The maximum Gasteiger partial charge on any atom is 0.416 e. The van der Waals surface area contributed by atoms with E-state index < -0.39 is 41.3 Å². The first-order chi connectivity index (χ1) is 11.3. The normalized spacial score (nSPS) is 17.7. The van der Waals surface area contributed by atoms with Crippen molar-refractivity contribution >= 4 is 24.8 Å². The molecule has 0 saturated carbocycles. The topological polar surface area (TPSA) is 15.3 Å². The van der Waals surface area contributed by atoms with Gasteiger partial charge >= 0.3 is 18.5 Å². The Morgan fingerprint density at radius 1 is 0.815 bits per heavy atom. The summed E-state index contributed by atoms with van der Waals surface area (Å²) in [4.78, 5) is 0.710. The number of alkyl halides is 9. The monoisotopic (exact) mass is 452 g/mol. The van der Waals surface area contributed by atoms with Crippen molar-refractivity contribution in [2.75, 3.05) is 26.2 Å². The third-order valence-electron chi connectivity index (χ3n) is 3.81. The van der Waals surface area contributed by atoms with Crippen LogP contribution >= 0.6 is 24.8 Å². The number of halogens is 11. The average molecular weight is 453 g/mol. The van der Waals surface area contributed by atoms with E-state index in [4.69, 9.17) is 0 Å². The molecule has 0 radical (unpaired) electrons. The Hall–Kier alpha value is -0.910. The highest BCUT2D eigenvalue weighted by Crippen LogP contribution is 2.45. The minimum absolute atomic E-state index is 0. The molecule has 0 amide bonds. The van der Waals surface area contributed by atoms with Gasteiger partial charge in [0.2, 0.25) is 0 Å². The van der Waals surface area contributed by atoms with Crippen LogP contribution in [0.5, 0.6) is 0 Å². The van der Waals surface area contributed by atoms with Gasteiger partial charge in [-0.15, -0.1) is 24.8 Å². The van der Waals surface area contributed by atoms with Crippen LogP contribution in [-0.4, -0.2) is 37.3 Å². The molecule has 158 valence electrons. The summed E-state index contributed by atoms with van der Waals surface area (Å²) in [6.45, 7) is -0.296. The first-order valence-electron chi connectivity index (χ1n) is 7.11. The number of nitrogens with zero attached hydrogens (tertiary/aromatic N) is 1. The highest BCUT2D eigenvalue weighted by molar-refractivity contribution is 5.85. The summed E-state index contributed by atoms with van der Waals surface area (Å²) in [5.74, 6) is 0. The van der Waals surface area contributed by atoms with Crippen LogP contribution in [0.15, 0.2) is 18.2 Å². The largest absolute Gasteiger partial charge is 0.416 e. The number of nitrogens with one attached hydrogen (secondary N) is 1. The lowest BCUT2D eigenvalue weighted by molar-refractivity contribution is -0.191. The number of hydrogen-bond acceptors (Lipinski definition) is 2. The van der Waals surface area contributed by atoms with Crippen LogP contribution in [-0.2, 0) is 12.4 Å². The second-order valence-corrected chi connectivity index (χ2v) is 5.53. The van der Waals surface area contributed by atoms with Crippen LogP contribution in [0.25, 0.3) is 0 Å². The summed E-state index contributed by atoms with van der Waals surface area (Å²) in [5.41, 5.74) is -4.71. The first kappa shape index (κ1) is 26.1. The third kappa shape index (κ3) is 6.30. The molecular weight excluding hydrogens is 438 g/mol. The van der Waals surface area contributed by atoms with E-state index >= 15 is 0 Å². The van der Waals surface area contributed by atoms with Crippen LogP contribution in [0, 0.1) is 0 Å². The van der Waals surface area contributed by atoms with Gasteiger partial charge in [0.25, 0.3) is 0 Å². The van der Waals surface area contributed by atoms with Gasteiger partial charge in [-0.05, 0) is 23.8 Å². The Morgan fingerprint density at radius 3 is 1.74 bits per heavy atom. The van der Waals surface area contributed by atoms with Crippen molar-refractivity contribution in [3.63, 3.8) is 0 Å². The molecule has 13 heteroatoms. The van der Waals surface area contributed by atoms with Crippen LogP contribution in [0.3, 0.4) is 0 Å². The number of piperazine rings is 1. The first-order valence-corrected chi connectivity index (χ1v) is 7.11. The van der Waals surface area contributed by atoms with Crippen molar-refractivity contribution in [1.82, 2.24) is 10.2 Å². The zero-order valence-electron chi connectivity index (χ0n) is 13.3. The standard InChI is InChI=1S/C14H13F9N2.2ClH/c15-12(16,17)8-1-2-10(13(18,19)20)9(7-8)11(14(21,22)23)25-5-3-24-4-6-25;;/h1-2,7,11,24H,3-6H2;2*1H/t11-;;/m1../s1. The molecule has 0 bridgehead atoms. The zero-order chi connectivity index (χ0) is 19.0. The molecule has 0 aromatic heterocycles. The molecule has 1 aromatic rings. The summed E-state index contributed by atoms with van der Waals surface area (Å²) in [5, 5.41) is 2.74. The van der Waals surface area contributed by atoms with Gasteiger partial charge in [0, 0.05) is 26.2 Å². The van der Waals surface area contributed by atoms with E-state index in [0.717, 1.165) is 0 Å². The second-order valence-electron chi connectivity index (χ2n) is 5.53. The van der Waals surface area contributed by atoms with Gasteiger partial charge in [0.15, 0.2) is 0 Å². The van der Waals surface area contributed by atoms with Gasteiger partial charge in [0.1, 0.15) is 6.04 Å². The van der Waals surface area contributed by atoms with Crippen LogP contribution in [0.1, 0.15) is 22.7 Å². The van der Waals surface area contributed by atoms with Crippen molar-refractivity contribution < 1.29 is 39.5 Å². The van der Waals surface area contributed by atoms with Gasteiger partial charge in [-0.25, -0.2) is 0 Å². The molecule has 1 aliphatic rings. The lowest BCUT2D eigenvalue weighted by Crippen LogP contribution is -2.49. The molecule has 1 fully saturated rings. The number of rotatable bonds is 2. The molecule has 0 unspecified atom stereocenters. The number of benzene rings is 1. The van der Waals surface area contributed by atoms with Crippen molar-refractivity contribution in [3.8, 4) is 0 Å². The predicted octanol–water partition coefficient (Wildman–Crippen LogP) is 5.08. The van der Waals surface area contributed by atoms with E-state index in [0.29, 0.717) is 4.90 Å². The molecule has 1 N–H and O–H groups in total. The molecule has 1 saturated heterocycles. The summed E-state index contributed by atoms with van der Waals surface area (Å²) in [7, 11) is 0. The van der Waals surface area contributed by atoms with E-state index in [1.54, 1.807) is 0 Å². The van der Waals surface area contributed by atoms with E-state index in [-0.39, 0.29) is 69.2 Å². The highest BCUT2D eigenvalue weighted by Gasteiger charge is 2.49. The molecule has 1 atom stereocenters. The van der Waals surface area contributed by atoms with Gasteiger partial charge in [-0.3, -0.25) is 4.90 Å². The summed E-state index contributed by atoms with van der Waals surface area (Å²) >= 11 is 0. The Labute approximate surface area is 160 Å². The smallest absolute Gasteiger partial charge is 0.314 e. The van der Waals surface area contributed by atoms with Crippen LogP contribution in [0.2, 0.25) is 0 Å². The van der Waals surface area contributed by atoms with E-state index in [1.807, 2.05) is 0 Å². The van der Waals surface area contributed by atoms with Crippen LogP contribution < -0.4 is 5.32 Å². The van der Waals surface area contributed by atoms with Crippen molar-refractivity contribution in [1.29, 1.82) is 0 Å². The average Bonchev–Trinajstić information content (AvgIpc) is 2.45. The molecule has 1 aromatic carbocycles. The SMILES string of the molecule is Cl.Cl.FC(F)(F)c1ccc(C(F)(F)F)c([C@@H](N2CCNCC2)C(F)(F)F)c1. The minimum atomic E-state index is -5.21. The molecule has 2 nitrogen and oxygen atoms in total. The maximum absolute atomic E-state index is 13.5. The van der Waals surface area contributed by atoms with Gasteiger partial charge in [-0.2, -0.15) is 39.5 Å². The molecule has 2 rings (SSSR count). The summed E-state index contributed by atoms with van der Waals surface area (Å²) in [6.07, 6.45) is -15.4. The Bertz CT molecular complexity index is 608. The minimum Gasteiger partial charge on any atom is -0.314 e. The highest BCUT2D eigenvalue weighted by atomic mass is 35.5. The van der Waals surface area contributed by atoms with E-state index in [2.05, 4.69) is 5.32 Å². The Kier molecular flexibility index (Phi) is 8.75. The Morgan fingerprint density at radius 2 is 1.33 bits per heavy atom. The predicted molar refractivity (Wildman–Crippen MR) is 84.2 cm³/mol. The lowest BCUT2D eigenvalue weighted by Gasteiger charge is -2.37. The number of hydrogen-bond donors (Lipinski definition) is 1. The summed E-state index contributed by atoms with van der Waals surface area (Å²) in [6, 6.07) is -2.63. The summed E-state index contributed by atoms with van der Waals surface area (Å²) < 4.78 is 118. The quantitative estimate of drug-likeness (QED) is 0.629. The van der Waals surface area contributed by atoms with Gasteiger partial charge < -0.3 is 5.32 Å². The van der Waals surface area contributed by atoms with E-state index in [1.165, 1.54) is 0 Å². The molecule has 27 heavy (non-hydrogen) atoms. The third-order valence-corrected chi connectivity index (χ3v) is 3.81. The van der Waals surface area contributed by atoms with Crippen molar-refractivity contribution in [2.24, 2.45) is 0 Å². The Balaban J connectivity index is 0.00000338. The van der Waals surface area contributed by atoms with Crippen LogP contribution in [0.4, 0.5) is 39.5 Å². The second kappa shape index (κ2) is 9.06. The zero-order valence-corrected chi connectivity index (χ0v) is 14.9. The molecular formula is C14H15Cl2F9N2.